The predicted molar refractivity (Wildman–Crippen MR) is 89.9 cm³/mol. The van der Waals surface area contributed by atoms with E-state index < -0.39 is 22.2 Å². The van der Waals surface area contributed by atoms with E-state index in [1.807, 2.05) is 0 Å². The Bertz CT molecular complexity index is 699. The fourth-order valence-corrected chi connectivity index (χ4v) is 4.17. The van der Waals surface area contributed by atoms with Gasteiger partial charge in [0, 0.05) is 13.1 Å². The molecule has 0 bridgehead atoms. The summed E-state index contributed by atoms with van der Waals surface area (Å²) in [4.78, 5) is 22.9. The quantitative estimate of drug-likeness (QED) is 0.672. The molecule has 0 unspecified atom stereocenters. The Morgan fingerprint density at radius 3 is 2.40 bits per heavy atom. The number of hydrogen-bond acceptors (Lipinski definition) is 5. The van der Waals surface area contributed by atoms with Gasteiger partial charge in [0.05, 0.1) is 13.0 Å². The number of carboxylic acid groups (broad SMARTS) is 1. The Balaban J connectivity index is 2.01. The average Bonchev–Trinajstić information content (AvgIpc) is 2.61. The third-order valence-corrected chi connectivity index (χ3v) is 5.83. The lowest BCUT2D eigenvalue weighted by Gasteiger charge is -2.30. The van der Waals surface area contributed by atoms with Crippen LogP contribution in [0.3, 0.4) is 0 Å². The first-order chi connectivity index (χ1) is 11.8. The van der Waals surface area contributed by atoms with Gasteiger partial charge in [-0.05, 0) is 24.8 Å². The number of esters is 1. The number of nitrogens with one attached hydrogen (secondary N) is 1. The van der Waals surface area contributed by atoms with E-state index in [9.17, 15) is 23.1 Å². The maximum atomic E-state index is 12.5. The van der Waals surface area contributed by atoms with Gasteiger partial charge in [0.25, 0.3) is 10.2 Å². The molecule has 1 fully saturated rings. The molecule has 1 saturated heterocycles. The highest BCUT2D eigenvalue weighted by atomic mass is 32.2. The number of ether oxygens (including phenoxy) is 1. The van der Waals surface area contributed by atoms with Gasteiger partial charge in [0.15, 0.2) is 0 Å². The number of piperidine rings is 1. The molecule has 0 aromatic heterocycles. The van der Waals surface area contributed by atoms with Crippen molar-refractivity contribution in [3.63, 3.8) is 0 Å². The normalized spacial score (nSPS) is 17.8. The van der Waals surface area contributed by atoms with Crippen LogP contribution in [0.4, 0.5) is 0 Å². The largest absolute Gasteiger partial charge is 0.480 e. The van der Waals surface area contributed by atoms with Crippen LogP contribution < -0.4 is 4.72 Å². The van der Waals surface area contributed by atoms with Crippen LogP contribution in [0.5, 0.6) is 0 Å². The minimum Gasteiger partial charge on any atom is -0.480 e. The highest BCUT2D eigenvalue weighted by Gasteiger charge is 2.34. The van der Waals surface area contributed by atoms with Crippen LogP contribution >= 0.6 is 0 Å². The summed E-state index contributed by atoms with van der Waals surface area (Å²) >= 11 is 0. The predicted octanol–water partition coefficient (Wildman–Crippen LogP) is 0.402. The van der Waals surface area contributed by atoms with Crippen molar-refractivity contribution in [3.05, 3.63) is 35.9 Å². The van der Waals surface area contributed by atoms with Gasteiger partial charge in [0.2, 0.25) is 0 Å². The minimum atomic E-state index is -3.95. The second-order valence-electron chi connectivity index (χ2n) is 5.90. The Morgan fingerprint density at radius 2 is 1.88 bits per heavy atom. The van der Waals surface area contributed by atoms with Gasteiger partial charge >= 0.3 is 11.9 Å². The molecular formula is C16H22N2O6S. The van der Waals surface area contributed by atoms with Gasteiger partial charge in [-0.1, -0.05) is 30.3 Å². The van der Waals surface area contributed by atoms with E-state index in [1.165, 1.54) is 11.4 Å². The Kier molecular flexibility index (Phi) is 6.51. The number of nitrogens with zero attached hydrogens (tertiary/aromatic N) is 1. The Morgan fingerprint density at radius 1 is 1.28 bits per heavy atom. The van der Waals surface area contributed by atoms with Crippen LogP contribution in [0.1, 0.15) is 18.4 Å². The van der Waals surface area contributed by atoms with Crippen molar-refractivity contribution >= 4 is 22.1 Å². The summed E-state index contributed by atoms with van der Waals surface area (Å²) in [7, 11) is -2.65. The van der Waals surface area contributed by atoms with E-state index >= 15 is 0 Å². The minimum absolute atomic E-state index is 0.0496. The van der Waals surface area contributed by atoms with Crippen LogP contribution in [0.15, 0.2) is 30.3 Å². The summed E-state index contributed by atoms with van der Waals surface area (Å²) in [5.74, 6) is -1.91. The van der Waals surface area contributed by atoms with Crippen LogP contribution in [-0.4, -0.2) is 56.0 Å². The molecule has 25 heavy (non-hydrogen) atoms. The molecule has 1 aliphatic rings. The van der Waals surface area contributed by atoms with E-state index in [4.69, 9.17) is 0 Å². The van der Waals surface area contributed by atoms with Crippen molar-refractivity contribution < 1.29 is 27.9 Å². The van der Waals surface area contributed by atoms with Crippen molar-refractivity contribution in [1.29, 1.82) is 0 Å². The zero-order chi connectivity index (χ0) is 18.4. The molecule has 0 amide bonds. The van der Waals surface area contributed by atoms with Gasteiger partial charge in [-0.2, -0.15) is 17.4 Å². The highest BCUT2D eigenvalue weighted by Crippen LogP contribution is 2.20. The molecule has 0 saturated carbocycles. The van der Waals surface area contributed by atoms with Gasteiger partial charge < -0.3 is 9.84 Å². The first kappa shape index (κ1) is 19.4. The van der Waals surface area contributed by atoms with Gasteiger partial charge in [0.1, 0.15) is 6.04 Å². The van der Waals surface area contributed by atoms with Crippen molar-refractivity contribution in [2.45, 2.75) is 25.3 Å². The highest BCUT2D eigenvalue weighted by molar-refractivity contribution is 7.87. The molecule has 1 aromatic carbocycles. The maximum Gasteiger partial charge on any atom is 0.322 e. The molecule has 0 aliphatic carbocycles. The van der Waals surface area contributed by atoms with E-state index in [1.54, 1.807) is 30.3 Å². The number of carbonyl (C=O) groups is 2. The van der Waals surface area contributed by atoms with Crippen molar-refractivity contribution in [3.8, 4) is 0 Å². The molecule has 0 radical (unpaired) electrons. The first-order valence-corrected chi connectivity index (χ1v) is 9.39. The Hall–Kier alpha value is -1.97. The molecule has 1 atom stereocenters. The van der Waals surface area contributed by atoms with Crippen molar-refractivity contribution in [2.75, 3.05) is 20.2 Å². The van der Waals surface area contributed by atoms with Gasteiger partial charge in [-0.15, -0.1) is 0 Å². The lowest BCUT2D eigenvalue weighted by molar-refractivity contribution is -0.146. The average molecular weight is 370 g/mol. The SMILES string of the molecule is COC(=O)C1CCN(S(=O)(=O)N[C@@H](Cc2ccccc2)C(=O)O)CC1. The summed E-state index contributed by atoms with van der Waals surface area (Å²) in [6.07, 6.45) is 0.752. The number of aliphatic carboxylic acids is 1. The zero-order valence-electron chi connectivity index (χ0n) is 13.9. The topological polar surface area (TPSA) is 113 Å². The van der Waals surface area contributed by atoms with Gasteiger partial charge in [-0.25, -0.2) is 0 Å². The summed E-state index contributed by atoms with van der Waals surface area (Å²) in [5.41, 5.74) is 0.724. The van der Waals surface area contributed by atoms with Crippen LogP contribution in [-0.2, 0) is 31.0 Å². The smallest absolute Gasteiger partial charge is 0.322 e. The fraction of sp³-hybridized carbons (Fsp3) is 0.500. The lowest BCUT2D eigenvalue weighted by atomic mass is 9.99. The number of rotatable bonds is 7. The summed E-state index contributed by atoms with van der Waals surface area (Å²) in [5, 5.41) is 9.34. The molecule has 2 rings (SSSR count). The third-order valence-electron chi connectivity index (χ3n) is 4.20. The number of carbonyl (C=O) groups excluding carboxylic acids is 1. The number of carboxylic acids is 1. The van der Waals surface area contributed by atoms with Crippen molar-refractivity contribution in [1.82, 2.24) is 9.03 Å². The summed E-state index contributed by atoms with van der Waals surface area (Å²) in [6.45, 7) is 0.291. The standard InChI is InChI=1S/C16H22N2O6S/c1-24-16(21)13-7-9-18(10-8-13)25(22,23)17-14(15(19)20)11-12-5-3-2-4-6-12/h2-6,13-14,17H,7-11H2,1H3,(H,19,20)/t14-/m0/s1. The number of hydrogen-bond donors (Lipinski definition) is 2. The van der Waals surface area contributed by atoms with Gasteiger partial charge in [-0.3, -0.25) is 9.59 Å². The molecular weight excluding hydrogens is 348 g/mol. The van der Waals surface area contributed by atoms with Crippen LogP contribution in [0.25, 0.3) is 0 Å². The summed E-state index contributed by atoms with van der Waals surface area (Å²) < 4.78 is 33.0. The number of methoxy groups -OCH3 is 1. The van der Waals surface area contributed by atoms with Crippen molar-refractivity contribution in [2.24, 2.45) is 5.92 Å². The molecule has 1 heterocycles. The third kappa shape index (κ3) is 5.25. The van der Waals surface area contributed by atoms with Crippen LogP contribution in [0, 0.1) is 5.92 Å². The van der Waals surface area contributed by atoms with E-state index in [0.717, 1.165) is 5.56 Å². The second kappa shape index (κ2) is 8.41. The van der Waals surface area contributed by atoms with Crippen LogP contribution in [0.2, 0.25) is 0 Å². The second-order valence-corrected chi connectivity index (χ2v) is 7.60. The lowest BCUT2D eigenvalue weighted by Crippen LogP contribution is -2.51. The molecule has 2 N–H and O–H groups in total. The molecule has 8 nitrogen and oxygen atoms in total. The molecule has 0 spiro atoms. The zero-order valence-corrected chi connectivity index (χ0v) is 14.7. The molecule has 1 aliphatic heterocycles. The number of benzene rings is 1. The fourth-order valence-electron chi connectivity index (χ4n) is 2.78. The van der Waals surface area contributed by atoms with E-state index in [2.05, 4.69) is 9.46 Å². The molecule has 1 aromatic rings. The first-order valence-electron chi connectivity index (χ1n) is 7.95. The maximum absolute atomic E-state index is 12.5. The molecule has 9 heteroatoms. The summed E-state index contributed by atoms with van der Waals surface area (Å²) in [6, 6.07) is 7.55. The molecule has 138 valence electrons. The van der Waals surface area contributed by atoms with E-state index in [0.29, 0.717) is 12.8 Å². The van der Waals surface area contributed by atoms with E-state index in [-0.39, 0.29) is 31.4 Å². The Labute approximate surface area is 147 Å². The monoisotopic (exact) mass is 370 g/mol.